The molecule has 0 saturated heterocycles. The molecule has 0 unspecified atom stereocenters. The Morgan fingerprint density at radius 1 is 1.56 bits per heavy atom. The second-order valence-corrected chi connectivity index (χ2v) is 3.79. The van der Waals surface area contributed by atoms with Crippen LogP contribution in [0.4, 0.5) is 0 Å². The zero-order valence-electron chi connectivity index (χ0n) is 9.13. The number of amides is 1. The van der Waals surface area contributed by atoms with Crippen LogP contribution in [-0.2, 0) is 11.2 Å². The van der Waals surface area contributed by atoms with Gasteiger partial charge in [-0.25, -0.2) is 0 Å². The maximum atomic E-state index is 10.5. The van der Waals surface area contributed by atoms with Gasteiger partial charge in [-0.1, -0.05) is 11.6 Å². The highest BCUT2D eigenvalue weighted by Gasteiger charge is 2.03. The molecule has 0 fully saturated rings. The van der Waals surface area contributed by atoms with Gasteiger partial charge in [-0.05, 0) is 36.7 Å². The van der Waals surface area contributed by atoms with Crippen molar-refractivity contribution in [3.63, 3.8) is 0 Å². The first-order valence-corrected chi connectivity index (χ1v) is 5.32. The van der Waals surface area contributed by atoms with E-state index >= 15 is 0 Å². The molecule has 0 bridgehead atoms. The Morgan fingerprint density at radius 3 is 2.94 bits per heavy atom. The number of primary amides is 1. The van der Waals surface area contributed by atoms with Crippen LogP contribution in [-0.4, -0.2) is 26.1 Å². The zero-order valence-corrected chi connectivity index (χ0v) is 9.88. The van der Waals surface area contributed by atoms with E-state index in [4.69, 9.17) is 22.1 Å². The van der Waals surface area contributed by atoms with E-state index in [-0.39, 0.29) is 12.5 Å². The monoisotopic (exact) mass is 242 g/mol. The molecule has 1 aromatic carbocycles. The number of carbonyl (C=O) groups is 1. The molecule has 0 radical (unpaired) electrons. The summed E-state index contributed by atoms with van der Waals surface area (Å²) in [5, 5.41) is 3.60. The fourth-order valence-electron chi connectivity index (χ4n) is 1.38. The zero-order chi connectivity index (χ0) is 12.0. The molecule has 3 N–H and O–H groups in total. The third-order valence-electron chi connectivity index (χ3n) is 2.11. The number of benzene rings is 1. The third-order valence-corrected chi connectivity index (χ3v) is 2.35. The smallest absolute Gasteiger partial charge is 0.231 e. The molecular formula is C11H15ClN2O2. The normalized spacial score (nSPS) is 10.1. The molecule has 0 spiro atoms. The van der Waals surface area contributed by atoms with Crippen LogP contribution in [0.1, 0.15) is 5.56 Å². The van der Waals surface area contributed by atoms with Gasteiger partial charge in [-0.3, -0.25) is 4.79 Å². The van der Waals surface area contributed by atoms with Gasteiger partial charge >= 0.3 is 0 Å². The van der Waals surface area contributed by atoms with Crippen LogP contribution in [0.15, 0.2) is 18.2 Å². The summed E-state index contributed by atoms with van der Waals surface area (Å²) in [6.07, 6.45) is 0.733. The summed E-state index contributed by atoms with van der Waals surface area (Å²) in [5.41, 5.74) is 6.01. The average molecular weight is 243 g/mol. The van der Waals surface area contributed by atoms with E-state index in [2.05, 4.69) is 5.32 Å². The molecule has 4 nitrogen and oxygen atoms in total. The van der Waals surface area contributed by atoms with Crippen LogP contribution in [0.25, 0.3) is 0 Å². The SMILES string of the molecule is COc1ccc(Cl)cc1CCNCC(N)=O. The van der Waals surface area contributed by atoms with Crippen molar-refractivity contribution in [1.29, 1.82) is 0 Å². The standard InChI is InChI=1S/C11H15ClN2O2/c1-16-10-3-2-9(12)6-8(10)4-5-14-7-11(13)15/h2-3,6,14H,4-5,7H2,1H3,(H2,13,15). The molecule has 0 heterocycles. The van der Waals surface area contributed by atoms with Crippen molar-refractivity contribution in [3.05, 3.63) is 28.8 Å². The predicted molar refractivity (Wildman–Crippen MR) is 63.8 cm³/mol. The maximum absolute atomic E-state index is 10.5. The van der Waals surface area contributed by atoms with E-state index < -0.39 is 0 Å². The molecule has 1 aromatic rings. The fourth-order valence-corrected chi connectivity index (χ4v) is 1.57. The topological polar surface area (TPSA) is 64.3 Å². The minimum atomic E-state index is -0.363. The highest BCUT2D eigenvalue weighted by molar-refractivity contribution is 6.30. The summed E-state index contributed by atoms with van der Waals surface area (Å²) in [5.74, 6) is 0.434. The molecule has 0 saturated carbocycles. The van der Waals surface area contributed by atoms with Crippen molar-refractivity contribution in [3.8, 4) is 5.75 Å². The Morgan fingerprint density at radius 2 is 2.31 bits per heavy atom. The van der Waals surface area contributed by atoms with Crippen molar-refractivity contribution in [2.24, 2.45) is 5.73 Å². The Bertz CT molecular complexity index is 369. The molecule has 0 aliphatic carbocycles. The number of hydrogen-bond donors (Lipinski definition) is 2. The van der Waals surface area contributed by atoms with Gasteiger partial charge in [-0.2, -0.15) is 0 Å². The summed E-state index contributed by atoms with van der Waals surface area (Å²) < 4.78 is 5.20. The van der Waals surface area contributed by atoms with Crippen LogP contribution in [0.5, 0.6) is 5.75 Å². The molecule has 0 atom stereocenters. The average Bonchev–Trinajstić information content (AvgIpc) is 2.24. The van der Waals surface area contributed by atoms with Crippen LogP contribution >= 0.6 is 11.6 Å². The van der Waals surface area contributed by atoms with Gasteiger partial charge in [0.1, 0.15) is 5.75 Å². The first-order valence-electron chi connectivity index (χ1n) is 4.95. The molecule has 0 aliphatic rings. The highest BCUT2D eigenvalue weighted by Crippen LogP contribution is 2.22. The molecule has 0 aromatic heterocycles. The Hall–Kier alpha value is -1.26. The van der Waals surface area contributed by atoms with Gasteiger partial charge in [-0.15, -0.1) is 0 Å². The first-order chi connectivity index (χ1) is 7.63. The first kappa shape index (κ1) is 12.8. The van der Waals surface area contributed by atoms with Gasteiger partial charge in [0.05, 0.1) is 13.7 Å². The summed E-state index contributed by atoms with van der Waals surface area (Å²) in [6.45, 7) is 0.836. The lowest BCUT2D eigenvalue weighted by Gasteiger charge is -2.09. The van der Waals surface area contributed by atoms with E-state index in [0.29, 0.717) is 11.6 Å². The minimum absolute atomic E-state index is 0.183. The minimum Gasteiger partial charge on any atom is -0.496 e. The number of ether oxygens (including phenoxy) is 1. The van der Waals surface area contributed by atoms with Crippen LogP contribution in [0, 0.1) is 0 Å². The summed E-state index contributed by atoms with van der Waals surface area (Å²) in [7, 11) is 1.61. The quantitative estimate of drug-likeness (QED) is 0.731. The maximum Gasteiger partial charge on any atom is 0.231 e. The summed E-state index contributed by atoms with van der Waals surface area (Å²) in [4.78, 5) is 10.5. The largest absolute Gasteiger partial charge is 0.496 e. The number of carbonyl (C=O) groups excluding carboxylic acids is 1. The Balaban J connectivity index is 2.51. The van der Waals surface area contributed by atoms with Gasteiger partial charge in [0.2, 0.25) is 5.91 Å². The lowest BCUT2D eigenvalue weighted by atomic mass is 10.1. The lowest BCUT2D eigenvalue weighted by molar-refractivity contribution is -0.117. The van der Waals surface area contributed by atoms with E-state index in [9.17, 15) is 4.79 Å². The van der Waals surface area contributed by atoms with Gasteiger partial charge in [0, 0.05) is 5.02 Å². The molecule has 5 heteroatoms. The van der Waals surface area contributed by atoms with E-state index in [1.807, 2.05) is 12.1 Å². The number of hydrogen-bond acceptors (Lipinski definition) is 3. The summed E-state index contributed by atoms with van der Waals surface area (Å²) in [6, 6.07) is 5.46. The fraction of sp³-hybridized carbons (Fsp3) is 0.364. The van der Waals surface area contributed by atoms with E-state index in [0.717, 1.165) is 17.7 Å². The molecule has 1 rings (SSSR count). The number of nitrogens with one attached hydrogen (secondary N) is 1. The second kappa shape index (κ2) is 6.35. The number of halogens is 1. The van der Waals surface area contributed by atoms with Gasteiger partial charge in [0.15, 0.2) is 0 Å². The molecule has 16 heavy (non-hydrogen) atoms. The number of rotatable bonds is 6. The van der Waals surface area contributed by atoms with Crippen LogP contribution in [0.2, 0.25) is 5.02 Å². The third kappa shape index (κ3) is 4.08. The van der Waals surface area contributed by atoms with Crippen LogP contribution < -0.4 is 15.8 Å². The van der Waals surface area contributed by atoms with Crippen molar-refractivity contribution < 1.29 is 9.53 Å². The van der Waals surface area contributed by atoms with E-state index in [1.165, 1.54) is 0 Å². The van der Waals surface area contributed by atoms with Crippen molar-refractivity contribution in [2.45, 2.75) is 6.42 Å². The summed E-state index contributed by atoms with van der Waals surface area (Å²) >= 11 is 5.89. The molecule has 88 valence electrons. The van der Waals surface area contributed by atoms with E-state index in [1.54, 1.807) is 13.2 Å². The van der Waals surface area contributed by atoms with Crippen molar-refractivity contribution in [2.75, 3.05) is 20.2 Å². The van der Waals surface area contributed by atoms with Gasteiger partial charge < -0.3 is 15.8 Å². The number of nitrogens with two attached hydrogens (primary N) is 1. The lowest BCUT2D eigenvalue weighted by Crippen LogP contribution is -2.29. The molecule has 1 amide bonds. The molecular weight excluding hydrogens is 228 g/mol. The van der Waals surface area contributed by atoms with Crippen molar-refractivity contribution in [1.82, 2.24) is 5.32 Å². The van der Waals surface area contributed by atoms with Crippen LogP contribution in [0.3, 0.4) is 0 Å². The highest BCUT2D eigenvalue weighted by atomic mass is 35.5. The second-order valence-electron chi connectivity index (χ2n) is 3.35. The Kier molecular flexibility index (Phi) is 5.08. The Labute approximate surface area is 99.7 Å². The van der Waals surface area contributed by atoms with Crippen molar-refractivity contribution >= 4 is 17.5 Å². The molecule has 0 aliphatic heterocycles. The predicted octanol–water partition coefficient (Wildman–Crippen LogP) is 0.966. The number of methoxy groups -OCH3 is 1. The van der Waals surface area contributed by atoms with Gasteiger partial charge in [0.25, 0.3) is 0 Å².